The molecule has 2 nitrogen and oxygen atoms in total. The molecule has 1 aromatic carbocycles. The summed E-state index contributed by atoms with van der Waals surface area (Å²) in [7, 11) is 1.86. The lowest BCUT2D eigenvalue weighted by atomic mass is 10.1. The molecule has 0 bridgehead atoms. The molecule has 2 aromatic rings. The van der Waals surface area contributed by atoms with Crippen molar-refractivity contribution in [3.05, 3.63) is 56.7 Å². The molecule has 1 aromatic heterocycles. The third kappa shape index (κ3) is 3.67. The molecule has 0 aliphatic carbocycles. The molecule has 100 valence electrons. The second-order valence-corrected chi connectivity index (χ2v) is 6.51. The van der Waals surface area contributed by atoms with Crippen LogP contribution in [0.3, 0.4) is 0 Å². The van der Waals surface area contributed by atoms with Gasteiger partial charge in [-0.15, -0.1) is 11.3 Å². The lowest BCUT2D eigenvalue weighted by molar-refractivity contribution is 0.0744. The van der Waals surface area contributed by atoms with Gasteiger partial charge in [0.05, 0.1) is 0 Å². The summed E-state index contributed by atoms with van der Waals surface area (Å²) in [5, 5.41) is 2.07. The number of hydrogen-bond acceptors (Lipinski definition) is 2. The van der Waals surface area contributed by atoms with Crippen molar-refractivity contribution < 1.29 is 4.79 Å². The molecule has 0 aliphatic heterocycles. The number of benzene rings is 1. The summed E-state index contributed by atoms with van der Waals surface area (Å²) < 4.78 is 0.928. The van der Waals surface area contributed by atoms with Gasteiger partial charge < -0.3 is 4.90 Å². The van der Waals surface area contributed by atoms with Crippen LogP contribution in [0.1, 0.15) is 22.2 Å². The maximum absolute atomic E-state index is 12.4. The molecule has 0 aliphatic rings. The Morgan fingerprint density at radius 1 is 1.37 bits per heavy atom. The molecular formula is C15H16BrNOS. The summed E-state index contributed by atoms with van der Waals surface area (Å²) in [4.78, 5) is 15.5. The molecule has 0 saturated carbocycles. The van der Waals surface area contributed by atoms with Crippen molar-refractivity contribution in [1.29, 1.82) is 0 Å². The first kappa shape index (κ1) is 14.3. The van der Waals surface area contributed by atoms with E-state index >= 15 is 0 Å². The van der Waals surface area contributed by atoms with E-state index in [1.165, 1.54) is 4.88 Å². The van der Waals surface area contributed by atoms with Crippen LogP contribution in [0.15, 0.2) is 46.3 Å². The van der Waals surface area contributed by atoms with Crippen LogP contribution < -0.4 is 0 Å². The van der Waals surface area contributed by atoms with E-state index in [1.807, 2.05) is 42.3 Å². The van der Waals surface area contributed by atoms with Gasteiger partial charge in [-0.1, -0.05) is 28.1 Å². The van der Waals surface area contributed by atoms with Gasteiger partial charge >= 0.3 is 0 Å². The quantitative estimate of drug-likeness (QED) is 0.818. The van der Waals surface area contributed by atoms with E-state index in [4.69, 9.17) is 0 Å². The van der Waals surface area contributed by atoms with Crippen LogP contribution in [-0.4, -0.2) is 23.9 Å². The number of nitrogens with zero attached hydrogens (tertiary/aromatic N) is 1. The highest BCUT2D eigenvalue weighted by Gasteiger charge is 2.18. The van der Waals surface area contributed by atoms with Crippen LogP contribution in [0.4, 0.5) is 0 Å². The average Bonchev–Trinajstić information content (AvgIpc) is 2.89. The van der Waals surface area contributed by atoms with Crippen LogP contribution in [0, 0.1) is 0 Å². The second-order valence-electron chi connectivity index (χ2n) is 4.56. The molecule has 0 spiro atoms. The minimum absolute atomic E-state index is 0.0605. The van der Waals surface area contributed by atoms with Gasteiger partial charge in [-0.25, -0.2) is 0 Å². The van der Waals surface area contributed by atoms with Crippen LogP contribution in [0.2, 0.25) is 0 Å². The fourth-order valence-corrected chi connectivity index (χ4v) is 3.11. The highest BCUT2D eigenvalue weighted by Crippen LogP contribution is 2.17. The molecule has 1 atom stereocenters. The largest absolute Gasteiger partial charge is 0.339 e. The van der Waals surface area contributed by atoms with Crippen LogP contribution in [-0.2, 0) is 6.42 Å². The van der Waals surface area contributed by atoms with Crippen molar-refractivity contribution in [2.75, 3.05) is 7.05 Å². The third-order valence-electron chi connectivity index (χ3n) is 3.13. The number of thiophene rings is 1. The Bertz CT molecular complexity index is 553. The molecule has 1 heterocycles. The van der Waals surface area contributed by atoms with E-state index in [1.54, 1.807) is 11.3 Å². The number of rotatable bonds is 4. The maximum Gasteiger partial charge on any atom is 0.253 e. The van der Waals surface area contributed by atoms with Crippen molar-refractivity contribution in [2.45, 2.75) is 19.4 Å². The van der Waals surface area contributed by atoms with E-state index < -0.39 is 0 Å². The smallest absolute Gasteiger partial charge is 0.253 e. The van der Waals surface area contributed by atoms with Crippen LogP contribution in [0.5, 0.6) is 0 Å². The highest BCUT2D eigenvalue weighted by atomic mass is 79.9. The van der Waals surface area contributed by atoms with E-state index in [9.17, 15) is 4.79 Å². The first-order valence-electron chi connectivity index (χ1n) is 6.13. The predicted octanol–water partition coefficient (Wildman–Crippen LogP) is 4.21. The minimum Gasteiger partial charge on any atom is -0.339 e. The zero-order valence-electron chi connectivity index (χ0n) is 11.0. The molecule has 0 N–H and O–H groups in total. The number of carbonyl (C=O) groups excluding carboxylic acids is 1. The van der Waals surface area contributed by atoms with Gasteiger partial charge in [-0.3, -0.25) is 4.79 Å². The third-order valence-corrected chi connectivity index (χ3v) is 4.52. The van der Waals surface area contributed by atoms with Gasteiger partial charge in [-0.05, 0) is 36.6 Å². The van der Waals surface area contributed by atoms with E-state index in [0.29, 0.717) is 0 Å². The van der Waals surface area contributed by atoms with Gasteiger partial charge in [-0.2, -0.15) is 0 Å². The summed E-state index contributed by atoms with van der Waals surface area (Å²) in [6.07, 6.45) is 0.897. The molecule has 2 rings (SSSR count). The van der Waals surface area contributed by atoms with Gasteiger partial charge in [0.15, 0.2) is 0 Å². The predicted molar refractivity (Wildman–Crippen MR) is 83.7 cm³/mol. The topological polar surface area (TPSA) is 20.3 Å². The Hall–Kier alpha value is -1.13. The summed E-state index contributed by atoms with van der Waals surface area (Å²) >= 11 is 5.13. The number of hydrogen-bond donors (Lipinski definition) is 0. The molecule has 0 radical (unpaired) electrons. The lowest BCUT2D eigenvalue weighted by Gasteiger charge is -2.24. The summed E-state index contributed by atoms with van der Waals surface area (Å²) in [6.45, 7) is 2.08. The first-order chi connectivity index (χ1) is 9.08. The Morgan fingerprint density at radius 3 is 2.79 bits per heavy atom. The Morgan fingerprint density at radius 2 is 2.16 bits per heavy atom. The molecule has 1 unspecified atom stereocenters. The highest BCUT2D eigenvalue weighted by molar-refractivity contribution is 9.10. The Kier molecular flexibility index (Phi) is 4.77. The number of carbonyl (C=O) groups is 1. The summed E-state index contributed by atoms with van der Waals surface area (Å²) in [6, 6.07) is 11.9. The Balaban J connectivity index is 2.06. The van der Waals surface area contributed by atoms with E-state index in [-0.39, 0.29) is 11.9 Å². The van der Waals surface area contributed by atoms with Crippen molar-refractivity contribution in [3.63, 3.8) is 0 Å². The van der Waals surface area contributed by atoms with Crippen LogP contribution >= 0.6 is 27.3 Å². The monoisotopic (exact) mass is 337 g/mol. The summed E-state index contributed by atoms with van der Waals surface area (Å²) in [5.41, 5.74) is 0.718. The van der Waals surface area contributed by atoms with Crippen LogP contribution in [0.25, 0.3) is 0 Å². The van der Waals surface area contributed by atoms with E-state index in [0.717, 1.165) is 16.5 Å². The fourth-order valence-electron chi connectivity index (χ4n) is 1.88. The van der Waals surface area contributed by atoms with Crippen molar-refractivity contribution in [3.8, 4) is 0 Å². The standard InChI is InChI=1S/C15H16BrNOS/c1-11(9-14-7-4-8-19-14)17(2)15(18)12-5-3-6-13(16)10-12/h3-8,10-11H,9H2,1-2H3. The number of halogens is 1. The van der Waals surface area contributed by atoms with Crippen molar-refractivity contribution in [2.24, 2.45) is 0 Å². The molecular weight excluding hydrogens is 322 g/mol. The molecule has 0 fully saturated rings. The van der Waals surface area contributed by atoms with Gasteiger partial charge in [0.25, 0.3) is 5.91 Å². The Labute approximate surface area is 126 Å². The SMILES string of the molecule is CC(Cc1cccs1)N(C)C(=O)c1cccc(Br)c1. The second kappa shape index (κ2) is 6.35. The average molecular weight is 338 g/mol. The normalized spacial score (nSPS) is 12.2. The minimum atomic E-state index is 0.0605. The lowest BCUT2D eigenvalue weighted by Crippen LogP contribution is -2.36. The van der Waals surface area contributed by atoms with Gasteiger partial charge in [0.2, 0.25) is 0 Å². The fraction of sp³-hybridized carbons (Fsp3) is 0.267. The zero-order valence-corrected chi connectivity index (χ0v) is 13.4. The molecule has 4 heteroatoms. The number of likely N-dealkylation sites (N-methyl/N-ethyl adjacent to an activating group) is 1. The summed E-state index contributed by atoms with van der Waals surface area (Å²) in [5.74, 6) is 0.0605. The molecule has 0 saturated heterocycles. The van der Waals surface area contributed by atoms with Crippen molar-refractivity contribution >= 4 is 33.2 Å². The number of amides is 1. The maximum atomic E-state index is 12.4. The molecule has 1 amide bonds. The zero-order chi connectivity index (χ0) is 13.8. The van der Waals surface area contributed by atoms with Gasteiger partial charge in [0, 0.05) is 34.4 Å². The molecule has 19 heavy (non-hydrogen) atoms. The van der Waals surface area contributed by atoms with Gasteiger partial charge in [0.1, 0.15) is 0 Å². The van der Waals surface area contributed by atoms with Crippen molar-refractivity contribution in [1.82, 2.24) is 4.90 Å². The van der Waals surface area contributed by atoms with E-state index in [2.05, 4.69) is 34.3 Å². The first-order valence-corrected chi connectivity index (χ1v) is 7.80.